The number of rotatable bonds is 0. The van der Waals surface area contributed by atoms with Gasteiger partial charge in [-0.25, -0.2) is 0 Å². The molecular weight excluding hydrogens is 117 g/mol. The minimum absolute atomic E-state index is 0.500. The molecule has 1 aliphatic rings. The molecule has 0 aromatic heterocycles. The molecule has 1 fully saturated rings. The van der Waals surface area contributed by atoms with Gasteiger partial charge in [-0.2, -0.15) is 0 Å². The van der Waals surface area contributed by atoms with Crippen LogP contribution < -0.4 is 5.73 Å². The minimum atomic E-state index is 0.500. The first-order valence-electron chi connectivity index (χ1n) is 3.53. The van der Waals surface area contributed by atoms with Crippen molar-refractivity contribution >= 4 is 0 Å². The summed E-state index contributed by atoms with van der Waals surface area (Å²) in [5, 5.41) is 0. The van der Waals surface area contributed by atoms with Crippen LogP contribution in [0.4, 0.5) is 4.39 Å². The molecule has 0 aromatic rings. The SMILES string of the molecule is CF.NC1CCCCC1. The van der Waals surface area contributed by atoms with Crippen LogP contribution in [0.3, 0.4) is 0 Å². The molecule has 0 amide bonds. The highest BCUT2D eigenvalue weighted by molar-refractivity contribution is 4.66. The predicted octanol–water partition coefficient (Wildman–Crippen LogP) is 1.86. The maximum atomic E-state index is 9.50. The van der Waals surface area contributed by atoms with E-state index in [1.165, 1.54) is 32.1 Å². The number of hydrogen-bond donors (Lipinski definition) is 1. The van der Waals surface area contributed by atoms with Crippen LogP contribution in [0.2, 0.25) is 0 Å². The Labute approximate surface area is 56.4 Å². The van der Waals surface area contributed by atoms with Gasteiger partial charge < -0.3 is 5.73 Å². The molecule has 0 unspecified atom stereocenters. The second-order valence-corrected chi connectivity index (χ2v) is 2.40. The van der Waals surface area contributed by atoms with Gasteiger partial charge in [-0.3, -0.25) is 4.39 Å². The highest BCUT2D eigenvalue weighted by atomic mass is 19.1. The van der Waals surface area contributed by atoms with Gasteiger partial charge in [-0.15, -0.1) is 0 Å². The molecule has 2 heteroatoms. The van der Waals surface area contributed by atoms with E-state index < -0.39 is 0 Å². The Morgan fingerprint density at radius 3 is 1.78 bits per heavy atom. The van der Waals surface area contributed by atoms with Crippen molar-refractivity contribution in [3.05, 3.63) is 0 Å². The molecule has 1 aliphatic carbocycles. The molecule has 9 heavy (non-hydrogen) atoms. The third kappa shape index (κ3) is 4.40. The van der Waals surface area contributed by atoms with E-state index in [1.54, 1.807) is 0 Å². The van der Waals surface area contributed by atoms with Gasteiger partial charge in [-0.1, -0.05) is 19.3 Å². The number of nitrogens with two attached hydrogens (primary N) is 1. The van der Waals surface area contributed by atoms with E-state index in [0.29, 0.717) is 13.2 Å². The Hall–Kier alpha value is -0.110. The summed E-state index contributed by atoms with van der Waals surface area (Å²) in [7, 11) is 0.500. The van der Waals surface area contributed by atoms with Crippen molar-refractivity contribution in [2.75, 3.05) is 7.18 Å². The topological polar surface area (TPSA) is 26.0 Å². The lowest BCUT2D eigenvalue weighted by atomic mass is 9.97. The van der Waals surface area contributed by atoms with Gasteiger partial charge in [-0.05, 0) is 12.8 Å². The third-order valence-corrected chi connectivity index (χ3v) is 1.65. The molecule has 0 aliphatic heterocycles. The summed E-state index contributed by atoms with van der Waals surface area (Å²) < 4.78 is 9.50. The average Bonchev–Trinajstić information content (AvgIpc) is 1.94. The fraction of sp³-hybridized carbons (Fsp3) is 1.00. The van der Waals surface area contributed by atoms with Gasteiger partial charge in [0, 0.05) is 6.04 Å². The molecule has 0 aromatic carbocycles. The van der Waals surface area contributed by atoms with Crippen molar-refractivity contribution in [1.82, 2.24) is 0 Å². The zero-order valence-electron chi connectivity index (χ0n) is 6.07. The van der Waals surface area contributed by atoms with Crippen LogP contribution in [0, 0.1) is 0 Å². The summed E-state index contributed by atoms with van der Waals surface area (Å²) in [6, 6.07) is 0.536. The molecule has 0 radical (unpaired) electrons. The van der Waals surface area contributed by atoms with E-state index in [4.69, 9.17) is 5.73 Å². The molecule has 0 bridgehead atoms. The Morgan fingerprint density at radius 2 is 1.56 bits per heavy atom. The summed E-state index contributed by atoms with van der Waals surface area (Å²) in [5.41, 5.74) is 5.63. The largest absolute Gasteiger partial charge is 0.328 e. The van der Waals surface area contributed by atoms with Crippen molar-refractivity contribution in [3.63, 3.8) is 0 Å². The lowest BCUT2D eigenvalue weighted by Gasteiger charge is -2.15. The second kappa shape index (κ2) is 6.02. The first-order chi connectivity index (χ1) is 4.39. The lowest BCUT2D eigenvalue weighted by Crippen LogP contribution is -2.22. The van der Waals surface area contributed by atoms with Crippen LogP contribution in [0.1, 0.15) is 32.1 Å². The van der Waals surface area contributed by atoms with E-state index in [2.05, 4.69) is 0 Å². The van der Waals surface area contributed by atoms with Crippen molar-refractivity contribution in [3.8, 4) is 0 Å². The molecule has 0 saturated heterocycles. The molecule has 56 valence electrons. The normalized spacial score (nSPS) is 20.3. The van der Waals surface area contributed by atoms with Crippen molar-refractivity contribution < 1.29 is 4.39 Å². The fourth-order valence-corrected chi connectivity index (χ4v) is 1.13. The highest BCUT2D eigenvalue weighted by Gasteiger charge is 2.06. The molecule has 0 heterocycles. The summed E-state index contributed by atoms with van der Waals surface area (Å²) in [4.78, 5) is 0. The van der Waals surface area contributed by atoms with E-state index in [9.17, 15) is 4.39 Å². The standard InChI is InChI=1S/C6H13N.CH3F/c7-6-4-2-1-3-5-6;1-2/h6H,1-5,7H2;1H3. The molecule has 2 N–H and O–H groups in total. The van der Waals surface area contributed by atoms with Crippen molar-refractivity contribution in [2.24, 2.45) is 5.73 Å². The molecule has 1 rings (SSSR count). The van der Waals surface area contributed by atoms with E-state index >= 15 is 0 Å². The minimum Gasteiger partial charge on any atom is -0.328 e. The predicted molar refractivity (Wildman–Crippen MR) is 38.1 cm³/mol. The van der Waals surface area contributed by atoms with E-state index in [0.717, 1.165) is 0 Å². The highest BCUT2D eigenvalue weighted by Crippen LogP contribution is 2.14. The third-order valence-electron chi connectivity index (χ3n) is 1.65. The number of hydrogen-bond acceptors (Lipinski definition) is 1. The van der Waals surface area contributed by atoms with Gasteiger partial charge >= 0.3 is 0 Å². The van der Waals surface area contributed by atoms with Gasteiger partial charge in [0.1, 0.15) is 0 Å². The Balaban J connectivity index is 0.000000291. The van der Waals surface area contributed by atoms with Gasteiger partial charge in [0.05, 0.1) is 7.18 Å². The maximum Gasteiger partial charge on any atom is 0.0785 e. The van der Waals surface area contributed by atoms with Crippen molar-refractivity contribution in [1.29, 1.82) is 0 Å². The first-order valence-corrected chi connectivity index (χ1v) is 3.53. The van der Waals surface area contributed by atoms with Gasteiger partial charge in [0.15, 0.2) is 0 Å². The second-order valence-electron chi connectivity index (χ2n) is 2.40. The average molecular weight is 133 g/mol. The Bertz CT molecular complexity index is 50.9. The summed E-state index contributed by atoms with van der Waals surface area (Å²) in [5.74, 6) is 0. The van der Waals surface area contributed by atoms with Crippen LogP contribution >= 0.6 is 0 Å². The Morgan fingerprint density at radius 1 is 1.11 bits per heavy atom. The molecule has 0 spiro atoms. The van der Waals surface area contributed by atoms with Crippen LogP contribution in [0.15, 0.2) is 0 Å². The van der Waals surface area contributed by atoms with E-state index in [1.807, 2.05) is 0 Å². The van der Waals surface area contributed by atoms with Crippen molar-refractivity contribution in [2.45, 2.75) is 38.1 Å². The summed E-state index contributed by atoms with van der Waals surface area (Å²) in [6.45, 7) is 0. The van der Waals surface area contributed by atoms with Gasteiger partial charge in [0.2, 0.25) is 0 Å². The monoisotopic (exact) mass is 133 g/mol. The van der Waals surface area contributed by atoms with Gasteiger partial charge in [0.25, 0.3) is 0 Å². The maximum absolute atomic E-state index is 9.50. The van der Waals surface area contributed by atoms with Crippen LogP contribution in [-0.4, -0.2) is 13.2 Å². The lowest BCUT2D eigenvalue weighted by molar-refractivity contribution is 0.441. The zero-order valence-corrected chi connectivity index (χ0v) is 6.07. The number of alkyl halides is 1. The van der Waals surface area contributed by atoms with Crippen LogP contribution in [0.25, 0.3) is 0 Å². The Kier molecular flexibility index (Phi) is 5.94. The molecule has 1 saturated carbocycles. The molecule has 0 atom stereocenters. The zero-order chi connectivity index (χ0) is 7.11. The number of halogens is 1. The fourth-order valence-electron chi connectivity index (χ4n) is 1.13. The molecule has 1 nitrogen and oxygen atoms in total. The summed E-state index contributed by atoms with van der Waals surface area (Å²) >= 11 is 0. The molecular formula is C7H16FN. The smallest absolute Gasteiger partial charge is 0.0785 e. The first kappa shape index (κ1) is 8.89. The summed E-state index contributed by atoms with van der Waals surface area (Å²) in [6.07, 6.45) is 6.66. The quantitative estimate of drug-likeness (QED) is 0.536. The van der Waals surface area contributed by atoms with Crippen LogP contribution in [-0.2, 0) is 0 Å². The van der Waals surface area contributed by atoms with Crippen LogP contribution in [0.5, 0.6) is 0 Å². The van der Waals surface area contributed by atoms with E-state index in [-0.39, 0.29) is 0 Å².